The van der Waals surface area contributed by atoms with Crippen molar-refractivity contribution in [3.05, 3.63) is 28.2 Å². The van der Waals surface area contributed by atoms with Gasteiger partial charge >= 0.3 is 0 Å². The average Bonchev–Trinajstić information content (AvgIpc) is 2.76. The van der Waals surface area contributed by atoms with Gasteiger partial charge in [0.2, 0.25) is 0 Å². The predicted molar refractivity (Wildman–Crippen MR) is 66.5 cm³/mol. The van der Waals surface area contributed by atoms with Gasteiger partial charge in [-0.25, -0.2) is 0 Å². The second-order valence-corrected chi connectivity index (χ2v) is 4.82. The number of nitriles is 1. The van der Waals surface area contributed by atoms with Gasteiger partial charge < -0.3 is 9.64 Å². The van der Waals surface area contributed by atoms with Crippen molar-refractivity contribution in [2.75, 3.05) is 25.1 Å². The van der Waals surface area contributed by atoms with E-state index < -0.39 is 0 Å². The minimum Gasteiger partial charge on any atom is -0.380 e. The van der Waals surface area contributed by atoms with Gasteiger partial charge in [0.1, 0.15) is 0 Å². The molecule has 0 radical (unpaired) electrons. The highest BCUT2D eigenvalue weighted by Gasteiger charge is 2.22. The molecule has 2 rings (SSSR count). The van der Waals surface area contributed by atoms with Gasteiger partial charge in [-0.05, 0) is 24.6 Å². The standard InChI is InChI=1S/C12H13BrN2O/c1-16-12-2-3-15(8-12)11-5-9(7-14)4-10(13)6-11/h4-6,12H,2-3,8H2,1H3. The molecule has 1 heterocycles. The Labute approximate surface area is 104 Å². The predicted octanol–water partition coefficient (Wildman–Crippen LogP) is 2.55. The summed E-state index contributed by atoms with van der Waals surface area (Å²) in [7, 11) is 1.75. The molecule has 0 spiro atoms. The monoisotopic (exact) mass is 280 g/mol. The maximum atomic E-state index is 8.91. The van der Waals surface area contributed by atoms with Crippen molar-refractivity contribution in [2.24, 2.45) is 0 Å². The molecule has 0 aromatic heterocycles. The Morgan fingerprint density at radius 2 is 2.31 bits per heavy atom. The van der Waals surface area contributed by atoms with Crippen molar-refractivity contribution in [3.8, 4) is 6.07 Å². The highest BCUT2D eigenvalue weighted by Crippen LogP contribution is 2.26. The first-order valence-corrected chi connectivity index (χ1v) is 6.00. The van der Waals surface area contributed by atoms with Crippen molar-refractivity contribution in [1.29, 1.82) is 5.26 Å². The summed E-state index contributed by atoms with van der Waals surface area (Å²) in [5.41, 5.74) is 1.77. The molecule has 0 N–H and O–H groups in total. The molecule has 1 aromatic rings. The molecule has 1 fully saturated rings. The highest BCUT2D eigenvalue weighted by molar-refractivity contribution is 9.10. The Balaban J connectivity index is 2.21. The largest absolute Gasteiger partial charge is 0.380 e. The quantitative estimate of drug-likeness (QED) is 0.835. The third-order valence-corrected chi connectivity index (χ3v) is 3.31. The lowest BCUT2D eigenvalue weighted by Crippen LogP contribution is -2.22. The van der Waals surface area contributed by atoms with Gasteiger partial charge in [0.25, 0.3) is 0 Å². The smallest absolute Gasteiger partial charge is 0.0992 e. The molecule has 0 bridgehead atoms. The summed E-state index contributed by atoms with van der Waals surface area (Å²) in [5, 5.41) is 8.91. The van der Waals surface area contributed by atoms with Crippen LogP contribution in [0.3, 0.4) is 0 Å². The molecule has 0 aliphatic carbocycles. The summed E-state index contributed by atoms with van der Waals surface area (Å²) in [6.45, 7) is 1.89. The topological polar surface area (TPSA) is 36.3 Å². The van der Waals surface area contributed by atoms with Gasteiger partial charge in [-0.1, -0.05) is 15.9 Å². The summed E-state index contributed by atoms with van der Waals surface area (Å²) in [4.78, 5) is 2.25. The van der Waals surface area contributed by atoms with E-state index in [1.165, 1.54) is 0 Å². The van der Waals surface area contributed by atoms with Crippen LogP contribution in [-0.4, -0.2) is 26.3 Å². The van der Waals surface area contributed by atoms with E-state index in [0.29, 0.717) is 11.7 Å². The molecule has 3 nitrogen and oxygen atoms in total. The average molecular weight is 281 g/mol. The van der Waals surface area contributed by atoms with Crippen LogP contribution in [-0.2, 0) is 4.74 Å². The number of methoxy groups -OCH3 is 1. The molecule has 1 atom stereocenters. The van der Waals surface area contributed by atoms with Crippen molar-refractivity contribution in [3.63, 3.8) is 0 Å². The lowest BCUT2D eigenvalue weighted by molar-refractivity contribution is 0.121. The Morgan fingerprint density at radius 3 is 2.94 bits per heavy atom. The third kappa shape index (κ3) is 2.37. The Bertz CT molecular complexity index is 428. The van der Waals surface area contributed by atoms with E-state index in [1.807, 2.05) is 18.2 Å². The zero-order valence-corrected chi connectivity index (χ0v) is 10.7. The maximum Gasteiger partial charge on any atom is 0.0992 e. The highest BCUT2D eigenvalue weighted by atomic mass is 79.9. The number of hydrogen-bond donors (Lipinski definition) is 0. The zero-order valence-electron chi connectivity index (χ0n) is 9.11. The van der Waals surface area contributed by atoms with Crippen LogP contribution in [0.1, 0.15) is 12.0 Å². The molecule has 1 aliphatic rings. The summed E-state index contributed by atoms with van der Waals surface area (Å²) in [6.07, 6.45) is 1.36. The number of halogens is 1. The van der Waals surface area contributed by atoms with Crippen molar-refractivity contribution in [2.45, 2.75) is 12.5 Å². The number of nitrogens with zero attached hydrogens (tertiary/aromatic N) is 2. The van der Waals surface area contributed by atoms with Crippen LogP contribution in [0.2, 0.25) is 0 Å². The van der Waals surface area contributed by atoms with Crippen LogP contribution in [0.25, 0.3) is 0 Å². The summed E-state index contributed by atoms with van der Waals surface area (Å²) >= 11 is 3.42. The van der Waals surface area contributed by atoms with Crippen molar-refractivity contribution >= 4 is 21.6 Å². The molecule has 1 aliphatic heterocycles. The van der Waals surface area contributed by atoms with Gasteiger partial charge in [0.05, 0.1) is 17.7 Å². The summed E-state index contributed by atoms with van der Waals surface area (Å²) in [5.74, 6) is 0. The number of benzene rings is 1. The maximum absolute atomic E-state index is 8.91. The van der Waals surface area contributed by atoms with Gasteiger partial charge in [0, 0.05) is 30.4 Å². The van der Waals surface area contributed by atoms with Crippen LogP contribution in [0.15, 0.2) is 22.7 Å². The van der Waals surface area contributed by atoms with Crippen molar-refractivity contribution < 1.29 is 4.74 Å². The second-order valence-electron chi connectivity index (χ2n) is 3.90. The lowest BCUT2D eigenvalue weighted by Gasteiger charge is -2.18. The first-order chi connectivity index (χ1) is 7.72. The molecule has 1 unspecified atom stereocenters. The number of anilines is 1. The number of rotatable bonds is 2. The minimum atomic E-state index is 0.310. The third-order valence-electron chi connectivity index (χ3n) is 2.86. The molecule has 16 heavy (non-hydrogen) atoms. The van der Waals surface area contributed by atoms with E-state index >= 15 is 0 Å². The fourth-order valence-corrected chi connectivity index (χ4v) is 2.46. The van der Waals surface area contributed by atoms with E-state index in [1.54, 1.807) is 7.11 Å². The first-order valence-electron chi connectivity index (χ1n) is 5.21. The van der Waals surface area contributed by atoms with E-state index in [-0.39, 0.29) is 0 Å². The van der Waals surface area contributed by atoms with Crippen molar-refractivity contribution in [1.82, 2.24) is 0 Å². The molecule has 1 saturated heterocycles. The SMILES string of the molecule is COC1CCN(c2cc(Br)cc(C#N)c2)C1. The lowest BCUT2D eigenvalue weighted by atomic mass is 10.2. The van der Waals surface area contributed by atoms with Crippen LogP contribution < -0.4 is 4.90 Å². The van der Waals surface area contributed by atoms with Gasteiger partial charge in [0.15, 0.2) is 0 Å². The molecule has 4 heteroatoms. The van der Waals surface area contributed by atoms with E-state index in [9.17, 15) is 0 Å². The first kappa shape index (κ1) is 11.4. The van der Waals surface area contributed by atoms with Crippen LogP contribution in [0, 0.1) is 11.3 Å². The van der Waals surface area contributed by atoms with Gasteiger partial charge in [-0.3, -0.25) is 0 Å². The van der Waals surface area contributed by atoms with E-state index in [0.717, 1.165) is 29.7 Å². The Kier molecular flexibility index (Phi) is 3.47. The van der Waals surface area contributed by atoms with Crippen LogP contribution >= 0.6 is 15.9 Å². The minimum absolute atomic E-state index is 0.310. The second kappa shape index (κ2) is 4.86. The molecule has 1 aromatic carbocycles. The van der Waals surface area contributed by atoms with E-state index in [4.69, 9.17) is 10.00 Å². The fraction of sp³-hybridized carbons (Fsp3) is 0.417. The fourth-order valence-electron chi connectivity index (χ4n) is 1.98. The molecular formula is C12H13BrN2O. The molecule has 0 saturated carbocycles. The van der Waals surface area contributed by atoms with Crippen LogP contribution in [0.4, 0.5) is 5.69 Å². The normalized spacial score (nSPS) is 19.8. The molecular weight excluding hydrogens is 268 g/mol. The number of hydrogen-bond acceptors (Lipinski definition) is 3. The number of ether oxygens (including phenoxy) is 1. The Morgan fingerprint density at radius 1 is 1.50 bits per heavy atom. The van der Waals surface area contributed by atoms with Gasteiger partial charge in [-0.15, -0.1) is 0 Å². The summed E-state index contributed by atoms with van der Waals surface area (Å²) in [6, 6.07) is 7.96. The molecule has 0 amide bonds. The van der Waals surface area contributed by atoms with E-state index in [2.05, 4.69) is 26.9 Å². The Hall–Kier alpha value is -1.05. The summed E-state index contributed by atoms with van der Waals surface area (Å²) < 4.78 is 6.28. The van der Waals surface area contributed by atoms with Crippen LogP contribution in [0.5, 0.6) is 0 Å². The van der Waals surface area contributed by atoms with Gasteiger partial charge in [-0.2, -0.15) is 5.26 Å². The zero-order chi connectivity index (χ0) is 11.5. The molecule has 84 valence electrons.